The van der Waals surface area contributed by atoms with Crippen LogP contribution in [-0.4, -0.2) is 39.0 Å². The molecule has 6 N–H and O–H groups in total. The summed E-state index contributed by atoms with van der Waals surface area (Å²) < 4.78 is 60.9. The number of rotatable bonds is 9. The smallest absolute Gasteiger partial charge is 0.395 e. The number of carboxylic acids is 1. The molecule has 0 saturated carbocycles. The van der Waals surface area contributed by atoms with E-state index in [4.69, 9.17) is 21.4 Å². The van der Waals surface area contributed by atoms with Gasteiger partial charge in [0.1, 0.15) is 6.04 Å². The Morgan fingerprint density at radius 3 is 2.20 bits per heavy atom. The standard InChI is InChI=1S/C20H24F3N3O3S/c21-20(22,23)17(8-10-30(26,29)11-9-18(25)19(27)28)14-6-4-13(5-7-14)15-2-1-3-16(24)12-15/h1-7,12,17-18,26H,8-11,24-25H2,(H,27,28)/t17?,18-,30?/m0/s1. The Bertz CT molecular complexity index is 977. The van der Waals surface area contributed by atoms with Crippen molar-refractivity contribution in [2.24, 2.45) is 5.73 Å². The van der Waals surface area contributed by atoms with Crippen molar-refractivity contribution in [3.05, 3.63) is 54.1 Å². The number of alkyl halides is 3. The average molecular weight is 443 g/mol. The second-order valence-electron chi connectivity index (χ2n) is 7.08. The molecule has 0 aliphatic heterocycles. The minimum Gasteiger partial charge on any atom is -0.480 e. The normalized spacial score (nSPS) is 15.9. The van der Waals surface area contributed by atoms with E-state index in [1.807, 2.05) is 0 Å². The maximum atomic E-state index is 13.6. The Hall–Kier alpha value is -2.59. The van der Waals surface area contributed by atoms with E-state index in [0.29, 0.717) is 11.3 Å². The Balaban J connectivity index is 2.13. The molecule has 2 aromatic rings. The molecule has 0 aliphatic rings. The maximum absolute atomic E-state index is 13.6. The highest BCUT2D eigenvalue weighted by Gasteiger charge is 2.40. The first-order valence-corrected chi connectivity index (χ1v) is 11.0. The molecule has 3 atom stereocenters. The minimum absolute atomic E-state index is 0.00703. The molecule has 2 unspecified atom stereocenters. The zero-order valence-corrected chi connectivity index (χ0v) is 16.9. The summed E-state index contributed by atoms with van der Waals surface area (Å²) in [4.78, 5) is 10.7. The topological polar surface area (TPSA) is 130 Å². The SMILES string of the molecule is N=S(=O)(CCC(c1ccc(-c2cccc(N)c2)cc1)C(F)(F)F)CC[C@H](N)C(=O)O. The number of carbonyl (C=O) groups is 1. The van der Waals surface area contributed by atoms with Crippen molar-refractivity contribution in [1.29, 1.82) is 4.78 Å². The van der Waals surface area contributed by atoms with Crippen molar-refractivity contribution >= 4 is 21.4 Å². The fraction of sp³-hybridized carbons (Fsp3) is 0.350. The van der Waals surface area contributed by atoms with Gasteiger partial charge in [-0.15, -0.1) is 0 Å². The Morgan fingerprint density at radius 1 is 1.07 bits per heavy atom. The van der Waals surface area contributed by atoms with E-state index >= 15 is 0 Å². The largest absolute Gasteiger partial charge is 0.480 e. The van der Waals surface area contributed by atoms with Crippen LogP contribution in [0.25, 0.3) is 11.1 Å². The highest BCUT2D eigenvalue weighted by Crippen LogP contribution is 2.38. The van der Waals surface area contributed by atoms with Crippen LogP contribution in [0.4, 0.5) is 18.9 Å². The highest BCUT2D eigenvalue weighted by molar-refractivity contribution is 7.92. The van der Waals surface area contributed by atoms with Crippen LogP contribution in [0, 0.1) is 4.78 Å². The van der Waals surface area contributed by atoms with Crippen LogP contribution in [0.2, 0.25) is 0 Å². The van der Waals surface area contributed by atoms with Gasteiger partial charge in [0.15, 0.2) is 0 Å². The molecule has 164 valence electrons. The molecule has 0 aliphatic carbocycles. The maximum Gasteiger partial charge on any atom is 0.395 e. The van der Waals surface area contributed by atoms with Crippen molar-refractivity contribution in [3.8, 4) is 11.1 Å². The second-order valence-corrected chi connectivity index (χ2v) is 9.52. The molecule has 0 spiro atoms. The van der Waals surface area contributed by atoms with Gasteiger partial charge in [0, 0.05) is 26.9 Å². The first kappa shape index (κ1) is 23.7. The molecule has 30 heavy (non-hydrogen) atoms. The number of hydrogen-bond donors (Lipinski definition) is 4. The number of nitrogens with two attached hydrogens (primary N) is 2. The van der Waals surface area contributed by atoms with Crippen LogP contribution in [0.1, 0.15) is 24.3 Å². The van der Waals surface area contributed by atoms with Crippen molar-refractivity contribution in [1.82, 2.24) is 0 Å². The Morgan fingerprint density at radius 2 is 1.67 bits per heavy atom. The van der Waals surface area contributed by atoms with E-state index in [9.17, 15) is 22.2 Å². The quantitative estimate of drug-likeness (QED) is 0.438. The lowest BCUT2D eigenvalue weighted by Gasteiger charge is -2.22. The lowest BCUT2D eigenvalue weighted by Crippen LogP contribution is -2.32. The first-order chi connectivity index (χ1) is 13.9. The highest BCUT2D eigenvalue weighted by atomic mass is 32.2. The van der Waals surface area contributed by atoms with Gasteiger partial charge in [0.05, 0.1) is 5.92 Å². The van der Waals surface area contributed by atoms with Crippen LogP contribution in [-0.2, 0) is 14.5 Å². The second kappa shape index (κ2) is 9.48. The number of hydrogen-bond acceptors (Lipinski definition) is 5. The van der Waals surface area contributed by atoms with E-state index in [-0.39, 0.29) is 17.7 Å². The van der Waals surface area contributed by atoms with Gasteiger partial charge in [-0.3, -0.25) is 9.57 Å². The van der Waals surface area contributed by atoms with Crippen LogP contribution < -0.4 is 11.5 Å². The molecule has 2 aromatic carbocycles. The van der Waals surface area contributed by atoms with Gasteiger partial charge in [-0.05, 0) is 41.7 Å². The number of anilines is 1. The van der Waals surface area contributed by atoms with E-state index in [1.54, 1.807) is 36.4 Å². The van der Waals surface area contributed by atoms with E-state index in [2.05, 4.69) is 0 Å². The third-order valence-electron chi connectivity index (χ3n) is 4.74. The molecule has 2 rings (SSSR count). The number of benzene rings is 2. The predicted octanol–water partition coefficient (Wildman–Crippen LogP) is 3.82. The van der Waals surface area contributed by atoms with Gasteiger partial charge < -0.3 is 16.6 Å². The predicted molar refractivity (Wildman–Crippen MR) is 111 cm³/mol. The minimum atomic E-state index is -4.58. The van der Waals surface area contributed by atoms with Gasteiger partial charge in [-0.1, -0.05) is 36.4 Å². The van der Waals surface area contributed by atoms with Crippen LogP contribution in [0.15, 0.2) is 48.5 Å². The molecular formula is C20H24F3N3O3S. The molecular weight excluding hydrogens is 419 g/mol. The molecule has 6 nitrogen and oxygen atoms in total. The lowest BCUT2D eigenvalue weighted by atomic mass is 9.93. The zero-order chi connectivity index (χ0) is 22.5. The van der Waals surface area contributed by atoms with E-state index in [0.717, 1.165) is 5.56 Å². The molecule has 0 fully saturated rings. The molecule has 0 saturated heterocycles. The Kier molecular flexibility index (Phi) is 7.49. The van der Waals surface area contributed by atoms with Gasteiger partial charge >= 0.3 is 12.1 Å². The summed E-state index contributed by atoms with van der Waals surface area (Å²) in [7, 11) is -3.39. The van der Waals surface area contributed by atoms with Crippen LogP contribution in [0.5, 0.6) is 0 Å². The fourth-order valence-corrected chi connectivity index (χ4v) is 4.45. The summed E-state index contributed by atoms with van der Waals surface area (Å²) in [6.45, 7) is 0. The van der Waals surface area contributed by atoms with Crippen LogP contribution >= 0.6 is 0 Å². The first-order valence-electron chi connectivity index (χ1n) is 9.14. The van der Waals surface area contributed by atoms with Gasteiger partial charge in [0.2, 0.25) is 0 Å². The molecule has 10 heteroatoms. The average Bonchev–Trinajstić information content (AvgIpc) is 2.65. The summed E-state index contributed by atoms with van der Waals surface area (Å²) in [6, 6.07) is 11.5. The van der Waals surface area contributed by atoms with Crippen molar-refractivity contribution < 1.29 is 27.3 Å². The summed E-state index contributed by atoms with van der Waals surface area (Å²) in [5.41, 5.74) is 13.1. The fourth-order valence-electron chi connectivity index (χ4n) is 3.00. The summed E-state index contributed by atoms with van der Waals surface area (Å²) in [5, 5.41) is 8.74. The third kappa shape index (κ3) is 6.74. The van der Waals surface area contributed by atoms with Crippen molar-refractivity contribution in [2.45, 2.75) is 31.0 Å². The van der Waals surface area contributed by atoms with Gasteiger partial charge in [-0.25, -0.2) is 4.21 Å². The Labute approximate surface area is 173 Å². The molecule has 0 bridgehead atoms. The monoisotopic (exact) mass is 443 g/mol. The van der Waals surface area contributed by atoms with E-state index < -0.39 is 46.0 Å². The molecule has 0 radical (unpaired) electrons. The third-order valence-corrected chi connectivity index (χ3v) is 6.53. The molecule has 0 amide bonds. The summed E-state index contributed by atoms with van der Waals surface area (Å²) in [5.74, 6) is -4.05. The summed E-state index contributed by atoms with van der Waals surface area (Å²) in [6.07, 6.45) is -5.35. The zero-order valence-electron chi connectivity index (χ0n) is 16.1. The van der Waals surface area contributed by atoms with Crippen LogP contribution in [0.3, 0.4) is 0 Å². The van der Waals surface area contributed by atoms with Gasteiger partial charge in [-0.2, -0.15) is 13.2 Å². The van der Waals surface area contributed by atoms with Crippen molar-refractivity contribution in [2.75, 3.05) is 17.2 Å². The number of carboxylic acid groups (broad SMARTS) is 1. The summed E-state index contributed by atoms with van der Waals surface area (Å²) >= 11 is 0. The molecule has 0 heterocycles. The number of halogens is 3. The van der Waals surface area contributed by atoms with Gasteiger partial charge in [0.25, 0.3) is 0 Å². The molecule has 0 aromatic heterocycles. The van der Waals surface area contributed by atoms with E-state index in [1.165, 1.54) is 12.1 Å². The number of nitrogens with one attached hydrogen (secondary N) is 1. The number of nitrogen functional groups attached to an aromatic ring is 1. The number of aliphatic carboxylic acids is 1. The van der Waals surface area contributed by atoms with Crippen molar-refractivity contribution in [3.63, 3.8) is 0 Å². The lowest BCUT2D eigenvalue weighted by molar-refractivity contribution is -0.150.